The topological polar surface area (TPSA) is 44.4 Å². The number of amides is 1. The van der Waals surface area contributed by atoms with Crippen LogP contribution in [-0.4, -0.2) is 51.1 Å². The average molecular weight is 250 g/mol. The molecule has 1 unspecified atom stereocenters. The lowest BCUT2D eigenvalue weighted by molar-refractivity contribution is -0.120. The van der Waals surface area contributed by atoms with E-state index in [4.69, 9.17) is 0 Å². The number of halogens is 1. The molecule has 4 nitrogen and oxygen atoms in total. The van der Waals surface area contributed by atoms with Gasteiger partial charge in [0.1, 0.15) is 0 Å². The van der Waals surface area contributed by atoms with Crippen LogP contribution in [-0.2, 0) is 4.79 Å². The Morgan fingerprint density at radius 1 is 1.56 bits per heavy atom. The Morgan fingerprint density at radius 3 is 2.75 bits per heavy atom. The SMILES string of the molecule is CNC(=O)CCN(C)CC1(C)CCNC1.Cl. The highest BCUT2D eigenvalue weighted by atomic mass is 35.5. The minimum absolute atomic E-state index is 0. The Morgan fingerprint density at radius 2 is 2.25 bits per heavy atom. The predicted molar refractivity (Wildman–Crippen MR) is 69.0 cm³/mol. The van der Waals surface area contributed by atoms with Crippen molar-refractivity contribution in [3.8, 4) is 0 Å². The fourth-order valence-electron chi connectivity index (χ4n) is 2.15. The van der Waals surface area contributed by atoms with E-state index < -0.39 is 0 Å². The number of hydrogen-bond donors (Lipinski definition) is 2. The van der Waals surface area contributed by atoms with Crippen molar-refractivity contribution in [1.82, 2.24) is 15.5 Å². The Balaban J connectivity index is 0.00000225. The van der Waals surface area contributed by atoms with Crippen molar-refractivity contribution in [2.75, 3.05) is 40.3 Å². The maximum Gasteiger partial charge on any atom is 0.221 e. The molecule has 1 atom stereocenters. The third kappa shape index (κ3) is 5.14. The van der Waals surface area contributed by atoms with Gasteiger partial charge < -0.3 is 15.5 Å². The zero-order chi connectivity index (χ0) is 11.3. The monoisotopic (exact) mass is 249 g/mol. The zero-order valence-corrected chi connectivity index (χ0v) is 11.3. The van der Waals surface area contributed by atoms with Gasteiger partial charge in [0.15, 0.2) is 0 Å². The standard InChI is InChI=1S/C11H23N3O.ClH/c1-11(5-6-13-8-11)9-14(3)7-4-10(15)12-2;/h13H,4-9H2,1-3H3,(H,12,15);1H. The van der Waals surface area contributed by atoms with Crippen LogP contribution in [0, 0.1) is 5.41 Å². The van der Waals surface area contributed by atoms with Gasteiger partial charge in [-0.25, -0.2) is 0 Å². The fourth-order valence-corrected chi connectivity index (χ4v) is 2.15. The molecule has 1 saturated heterocycles. The van der Waals surface area contributed by atoms with Gasteiger partial charge in [-0.2, -0.15) is 0 Å². The van der Waals surface area contributed by atoms with E-state index in [9.17, 15) is 4.79 Å². The Hall–Kier alpha value is -0.320. The van der Waals surface area contributed by atoms with E-state index in [2.05, 4.69) is 29.5 Å². The molecule has 1 aliphatic heterocycles. The maximum atomic E-state index is 11.1. The number of hydrogen-bond acceptors (Lipinski definition) is 3. The Labute approximate surface area is 105 Å². The van der Waals surface area contributed by atoms with E-state index in [0.29, 0.717) is 11.8 Å². The lowest BCUT2D eigenvalue weighted by Gasteiger charge is -2.28. The Bertz CT molecular complexity index is 217. The van der Waals surface area contributed by atoms with Gasteiger partial charge in [0.2, 0.25) is 5.91 Å². The zero-order valence-electron chi connectivity index (χ0n) is 10.5. The van der Waals surface area contributed by atoms with Crippen LogP contribution in [0.25, 0.3) is 0 Å². The summed E-state index contributed by atoms with van der Waals surface area (Å²) < 4.78 is 0. The minimum Gasteiger partial charge on any atom is -0.359 e. The summed E-state index contributed by atoms with van der Waals surface area (Å²) in [5, 5.41) is 6.03. The number of carbonyl (C=O) groups excluding carboxylic acids is 1. The van der Waals surface area contributed by atoms with Gasteiger partial charge in [-0.1, -0.05) is 6.92 Å². The number of nitrogens with one attached hydrogen (secondary N) is 2. The van der Waals surface area contributed by atoms with E-state index in [1.54, 1.807) is 7.05 Å². The second kappa shape index (κ2) is 7.09. The largest absolute Gasteiger partial charge is 0.359 e. The summed E-state index contributed by atoms with van der Waals surface area (Å²) in [7, 11) is 3.77. The van der Waals surface area contributed by atoms with Crippen molar-refractivity contribution in [3.05, 3.63) is 0 Å². The maximum absolute atomic E-state index is 11.1. The van der Waals surface area contributed by atoms with Crippen LogP contribution >= 0.6 is 12.4 Å². The summed E-state index contributed by atoms with van der Waals surface area (Å²) in [6, 6.07) is 0. The van der Waals surface area contributed by atoms with Crippen molar-refractivity contribution in [1.29, 1.82) is 0 Å². The smallest absolute Gasteiger partial charge is 0.221 e. The summed E-state index contributed by atoms with van der Waals surface area (Å²) >= 11 is 0. The molecule has 0 aromatic heterocycles. The molecule has 1 amide bonds. The van der Waals surface area contributed by atoms with Gasteiger partial charge in [0, 0.05) is 33.1 Å². The van der Waals surface area contributed by atoms with Gasteiger partial charge in [0.25, 0.3) is 0 Å². The summed E-state index contributed by atoms with van der Waals surface area (Å²) in [4.78, 5) is 13.3. The van der Waals surface area contributed by atoms with Crippen molar-refractivity contribution < 1.29 is 4.79 Å². The van der Waals surface area contributed by atoms with Crippen LogP contribution in [0.3, 0.4) is 0 Å². The second-order valence-electron chi connectivity index (χ2n) is 4.90. The number of rotatable bonds is 5. The lowest BCUT2D eigenvalue weighted by atomic mass is 9.89. The van der Waals surface area contributed by atoms with E-state index in [-0.39, 0.29) is 18.3 Å². The number of nitrogens with zero attached hydrogens (tertiary/aromatic N) is 1. The van der Waals surface area contributed by atoms with Gasteiger partial charge in [-0.05, 0) is 25.4 Å². The molecule has 5 heteroatoms. The van der Waals surface area contributed by atoms with Crippen molar-refractivity contribution in [3.63, 3.8) is 0 Å². The molecule has 96 valence electrons. The van der Waals surface area contributed by atoms with Crippen LogP contribution < -0.4 is 10.6 Å². The van der Waals surface area contributed by atoms with E-state index in [0.717, 1.165) is 26.2 Å². The van der Waals surface area contributed by atoms with E-state index in [1.165, 1.54) is 6.42 Å². The van der Waals surface area contributed by atoms with Gasteiger partial charge in [0.05, 0.1) is 0 Å². The van der Waals surface area contributed by atoms with Gasteiger partial charge >= 0.3 is 0 Å². The lowest BCUT2D eigenvalue weighted by Crippen LogP contribution is -2.36. The molecule has 1 fully saturated rings. The van der Waals surface area contributed by atoms with Crippen molar-refractivity contribution in [2.24, 2.45) is 5.41 Å². The third-order valence-electron chi connectivity index (χ3n) is 3.11. The number of carbonyl (C=O) groups is 1. The van der Waals surface area contributed by atoms with Gasteiger partial charge in [-0.15, -0.1) is 12.4 Å². The van der Waals surface area contributed by atoms with Crippen LogP contribution in [0.4, 0.5) is 0 Å². The first-order chi connectivity index (χ1) is 7.06. The summed E-state index contributed by atoms with van der Waals surface area (Å²) in [6.45, 7) is 6.44. The van der Waals surface area contributed by atoms with Crippen LogP contribution in [0.15, 0.2) is 0 Å². The molecule has 0 spiro atoms. The summed E-state index contributed by atoms with van der Waals surface area (Å²) in [6.07, 6.45) is 1.83. The van der Waals surface area contributed by atoms with Crippen molar-refractivity contribution in [2.45, 2.75) is 19.8 Å². The molecule has 1 rings (SSSR count). The molecule has 2 N–H and O–H groups in total. The first-order valence-electron chi connectivity index (χ1n) is 5.66. The first-order valence-corrected chi connectivity index (χ1v) is 5.66. The summed E-state index contributed by atoms with van der Waals surface area (Å²) in [5.41, 5.74) is 0.386. The van der Waals surface area contributed by atoms with Gasteiger partial charge in [-0.3, -0.25) is 4.79 Å². The van der Waals surface area contributed by atoms with Crippen LogP contribution in [0.1, 0.15) is 19.8 Å². The first kappa shape index (κ1) is 15.7. The van der Waals surface area contributed by atoms with Crippen LogP contribution in [0.2, 0.25) is 0 Å². The molecule has 0 bridgehead atoms. The minimum atomic E-state index is 0. The predicted octanol–water partition coefficient (Wildman–Crippen LogP) is 0.476. The highest BCUT2D eigenvalue weighted by molar-refractivity contribution is 5.85. The highest BCUT2D eigenvalue weighted by Crippen LogP contribution is 2.25. The normalized spacial score (nSPS) is 24.2. The molecule has 0 aromatic carbocycles. The molecule has 0 saturated carbocycles. The molecule has 0 aliphatic carbocycles. The molecular weight excluding hydrogens is 226 g/mol. The molecule has 16 heavy (non-hydrogen) atoms. The molecule has 1 heterocycles. The fraction of sp³-hybridized carbons (Fsp3) is 0.909. The van der Waals surface area contributed by atoms with E-state index >= 15 is 0 Å². The molecule has 0 aromatic rings. The molecule has 0 radical (unpaired) electrons. The quantitative estimate of drug-likeness (QED) is 0.745. The molecule has 1 aliphatic rings. The Kier molecular flexibility index (Phi) is 6.95. The summed E-state index contributed by atoms with van der Waals surface area (Å²) in [5.74, 6) is 0.122. The van der Waals surface area contributed by atoms with E-state index in [1.807, 2.05) is 0 Å². The highest BCUT2D eigenvalue weighted by Gasteiger charge is 2.29. The molecular formula is C11H24ClN3O. The van der Waals surface area contributed by atoms with Crippen molar-refractivity contribution >= 4 is 18.3 Å². The third-order valence-corrected chi connectivity index (χ3v) is 3.11. The van der Waals surface area contributed by atoms with Crippen LogP contribution in [0.5, 0.6) is 0 Å². The average Bonchev–Trinajstić information content (AvgIpc) is 2.61. The second-order valence-corrected chi connectivity index (χ2v) is 4.90.